The number of piperazine rings is 1. The lowest BCUT2D eigenvalue weighted by atomic mass is 10.1. The molecule has 1 saturated heterocycles. The molecule has 9 heteroatoms. The molecule has 1 aromatic carbocycles. The molecule has 1 N–H and O–H groups in total. The third kappa shape index (κ3) is 4.85. The molecule has 5 rings (SSSR count). The van der Waals surface area contributed by atoms with Gasteiger partial charge in [-0.15, -0.1) is 0 Å². The van der Waals surface area contributed by atoms with Crippen molar-refractivity contribution in [2.75, 3.05) is 38.0 Å². The van der Waals surface area contributed by atoms with E-state index in [0.29, 0.717) is 16.8 Å². The van der Waals surface area contributed by atoms with Gasteiger partial charge in [0.05, 0.1) is 6.20 Å². The number of rotatable bonds is 6. The maximum absolute atomic E-state index is 14.5. The number of benzene rings is 1. The summed E-state index contributed by atoms with van der Waals surface area (Å²) in [7, 11) is 0. The number of fused-ring (bicyclic) bond motifs is 1. The lowest BCUT2D eigenvalue weighted by Gasteiger charge is -2.33. The number of halogens is 2. The normalized spacial score (nSPS) is 15.0. The molecular weight excluding hydrogens is 436 g/mol. The van der Waals surface area contributed by atoms with Gasteiger partial charge in [-0.2, -0.15) is 0 Å². The summed E-state index contributed by atoms with van der Waals surface area (Å²) in [6.45, 7) is 8.41. The van der Waals surface area contributed by atoms with E-state index >= 15 is 0 Å². The first-order valence-electron chi connectivity index (χ1n) is 11.3. The topological polar surface area (TPSA) is 70.1 Å². The fourth-order valence-electron chi connectivity index (χ4n) is 4.14. The Morgan fingerprint density at radius 3 is 2.50 bits per heavy atom. The molecule has 0 bridgehead atoms. The van der Waals surface area contributed by atoms with E-state index in [-0.39, 0.29) is 17.2 Å². The highest BCUT2D eigenvalue weighted by Crippen LogP contribution is 2.27. The standard InChI is InChI=1S/C25H25F2N7/c1-2-33-8-10-34(11-9-33)16-17-5-6-22(29-14-17)31-25-30-15-21(27)24(32-25)19-12-18-4-3-7-28-23(18)20(26)13-19/h3-7,12-15H,2,8-11,16H2,1H3,(H,29,30,31,32). The third-order valence-corrected chi connectivity index (χ3v) is 6.06. The van der Waals surface area contributed by atoms with Crippen molar-refractivity contribution in [3.63, 3.8) is 0 Å². The predicted molar refractivity (Wildman–Crippen MR) is 128 cm³/mol. The average molecular weight is 462 g/mol. The van der Waals surface area contributed by atoms with Crippen LogP contribution in [0.4, 0.5) is 20.5 Å². The van der Waals surface area contributed by atoms with Crippen molar-refractivity contribution in [3.8, 4) is 11.3 Å². The molecule has 1 fully saturated rings. The average Bonchev–Trinajstić information content (AvgIpc) is 2.87. The third-order valence-electron chi connectivity index (χ3n) is 6.06. The Bertz CT molecular complexity index is 1290. The Morgan fingerprint density at radius 1 is 0.912 bits per heavy atom. The zero-order chi connectivity index (χ0) is 23.5. The first kappa shape index (κ1) is 22.2. The highest BCUT2D eigenvalue weighted by Gasteiger charge is 2.16. The molecule has 4 heterocycles. The van der Waals surface area contributed by atoms with E-state index in [4.69, 9.17) is 0 Å². The van der Waals surface area contributed by atoms with Crippen LogP contribution in [0.25, 0.3) is 22.2 Å². The van der Waals surface area contributed by atoms with Gasteiger partial charge >= 0.3 is 0 Å². The summed E-state index contributed by atoms with van der Waals surface area (Å²) in [5.74, 6) is -0.446. The quantitative estimate of drug-likeness (QED) is 0.460. The second kappa shape index (κ2) is 9.74. The van der Waals surface area contributed by atoms with E-state index in [2.05, 4.69) is 42.0 Å². The number of pyridine rings is 2. The Labute approximate surface area is 196 Å². The van der Waals surface area contributed by atoms with Crippen molar-refractivity contribution >= 4 is 22.7 Å². The minimum absolute atomic E-state index is 0.00462. The van der Waals surface area contributed by atoms with E-state index in [1.165, 1.54) is 12.3 Å². The molecule has 3 aromatic heterocycles. The largest absolute Gasteiger partial charge is 0.309 e. The summed E-state index contributed by atoms with van der Waals surface area (Å²) >= 11 is 0. The zero-order valence-electron chi connectivity index (χ0n) is 18.9. The van der Waals surface area contributed by atoms with Crippen LogP contribution >= 0.6 is 0 Å². The first-order chi connectivity index (χ1) is 16.6. The number of nitrogens with one attached hydrogen (secondary N) is 1. The van der Waals surface area contributed by atoms with Gasteiger partial charge in [-0.25, -0.2) is 23.7 Å². The Kier molecular flexibility index (Phi) is 6.37. The van der Waals surface area contributed by atoms with Gasteiger partial charge in [0, 0.05) is 56.1 Å². The van der Waals surface area contributed by atoms with Gasteiger partial charge in [0.1, 0.15) is 22.8 Å². The lowest BCUT2D eigenvalue weighted by molar-refractivity contribution is 0.132. The van der Waals surface area contributed by atoms with Gasteiger partial charge in [-0.05, 0) is 36.4 Å². The summed E-state index contributed by atoms with van der Waals surface area (Å²) in [5.41, 5.74) is 1.67. The number of anilines is 2. The molecular formula is C25H25F2N7. The second-order valence-electron chi connectivity index (χ2n) is 8.31. The van der Waals surface area contributed by atoms with Crippen molar-refractivity contribution in [1.82, 2.24) is 29.7 Å². The van der Waals surface area contributed by atoms with Crippen molar-refractivity contribution in [1.29, 1.82) is 0 Å². The second-order valence-corrected chi connectivity index (χ2v) is 8.31. The number of likely N-dealkylation sites (N-methyl/N-ethyl adjacent to an activating group) is 1. The summed E-state index contributed by atoms with van der Waals surface area (Å²) in [6.07, 6.45) is 4.41. The molecule has 0 radical (unpaired) electrons. The molecule has 4 aromatic rings. The summed E-state index contributed by atoms with van der Waals surface area (Å²) in [6, 6.07) is 10.2. The summed E-state index contributed by atoms with van der Waals surface area (Å²) < 4.78 is 29.0. The Balaban J connectivity index is 1.31. The maximum atomic E-state index is 14.5. The molecule has 34 heavy (non-hydrogen) atoms. The number of hydrogen-bond donors (Lipinski definition) is 1. The van der Waals surface area contributed by atoms with E-state index in [1.807, 2.05) is 18.3 Å². The van der Waals surface area contributed by atoms with Gasteiger partial charge in [0.2, 0.25) is 5.95 Å². The number of nitrogens with zero attached hydrogens (tertiary/aromatic N) is 6. The summed E-state index contributed by atoms with van der Waals surface area (Å²) in [4.78, 5) is 21.7. The van der Waals surface area contributed by atoms with Crippen molar-refractivity contribution in [2.45, 2.75) is 13.5 Å². The Hall–Kier alpha value is -3.56. The van der Waals surface area contributed by atoms with Crippen LogP contribution in [0, 0.1) is 11.6 Å². The van der Waals surface area contributed by atoms with E-state index < -0.39 is 11.6 Å². The first-order valence-corrected chi connectivity index (χ1v) is 11.3. The SMILES string of the molecule is CCN1CCN(Cc2ccc(Nc3ncc(F)c(-c4cc(F)c5ncccc5c4)n3)nc2)CC1. The molecule has 0 atom stereocenters. The molecule has 174 valence electrons. The fourth-order valence-corrected chi connectivity index (χ4v) is 4.14. The van der Waals surface area contributed by atoms with Crippen LogP contribution in [0.1, 0.15) is 12.5 Å². The molecule has 0 saturated carbocycles. The monoisotopic (exact) mass is 461 g/mol. The minimum Gasteiger partial charge on any atom is -0.309 e. The van der Waals surface area contributed by atoms with Gasteiger partial charge in [0.15, 0.2) is 5.82 Å². The van der Waals surface area contributed by atoms with Crippen LogP contribution in [0.3, 0.4) is 0 Å². The van der Waals surface area contributed by atoms with Crippen LogP contribution in [0.15, 0.2) is 55.0 Å². The minimum atomic E-state index is -0.639. The fraction of sp³-hybridized carbons (Fsp3) is 0.280. The zero-order valence-corrected chi connectivity index (χ0v) is 18.9. The Morgan fingerprint density at radius 2 is 1.74 bits per heavy atom. The molecule has 0 unspecified atom stereocenters. The molecule has 0 amide bonds. The van der Waals surface area contributed by atoms with Crippen LogP contribution in [0.2, 0.25) is 0 Å². The molecule has 1 aliphatic heterocycles. The maximum Gasteiger partial charge on any atom is 0.229 e. The van der Waals surface area contributed by atoms with Gasteiger partial charge in [-0.3, -0.25) is 9.88 Å². The highest BCUT2D eigenvalue weighted by atomic mass is 19.1. The van der Waals surface area contributed by atoms with E-state index in [1.54, 1.807) is 18.2 Å². The van der Waals surface area contributed by atoms with Crippen molar-refractivity contribution < 1.29 is 8.78 Å². The highest BCUT2D eigenvalue weighted by molar-refractivity contribution is 5.84. The van der Waals surface area contributed by atoms with Gasteiger partial charge < -0.3 is 10.2 Å². The van der Waals surface area contributed by atoms with Crippen LogP contribution < -0.4 is 5.32 Å². The smallest absolute Gasteiger partial charge is 0.229 e. The predicted octanol–water partition coefficient (Wildman–Crippen LogP) is 4.25. The van der Waals surface area contributed by atoms with Gasteiger partial charge in [-0.1, -0.05) is 19.1 Å². The van der Waals surface area contributed by atoms with Crippen molar-refractivity contribution in [3.05, 3.63) is 72.2 Å². The van der Waals surface area contributed by atoms with Crippen LogP contribution in [-0.4, -0.2) is 62.5 Å². The number of hydrogen-bond acceptors (Lipinski definition) is 7. The molecule has 0 spiro atoms. The van der Waals surface area contributed by atoms with Crippen LogP contribution in [0.5, 0.6) is 0 Å². The molecule has 7 nitrogen and oxygen atoms in total. The van der Waals surface area contributed by atoms with Crippen molar-refractivity contribution in [2.24, 2.45) is 0 Å². The van der Waals surface area contributed by atoms with E-state index in [9.17, 15) is 8.78 Å². The molecule has 0 aliphatic carbocycles. The summed E-state index contributed by atoms with van der Waals surface area (Å²) in [5, 5.41) is 3.58. The van der Waals surface area contributed by atoms with Crippen LogP contribution in [-0.2, 0) is 6.54 Å². The van der Waals surface area contributed by atoms with E-state index in [0.717, 1.165) is 51.0 Å². The lowest BCUT2D eigenvalue weighted by Crippen LogP contribution is -2.45. The molecule has 1 aliphatic rings. The van der Waals surface area contributed by atoms with Gasteiger partial charge in [0.25, 0.3) is 0 Å². The number of aromatic nitrogens is 4.